The number of carbonyl (C=O) groups excluding carboxylic acids is 3. The molecule has 176 valence electrons. The van der Waals surface area contributed by atoms with Gasteiger partial charge in [0.25, 0.3) is 0 Å². The Bertz CT molecular complexity index is 1040. The zero-order valence-electron chi connectivity index (χ0n) is 19.8. The van der Waals surface area contributed by atoms with Crippen LogP contribution >= 0.6 is 0 Å². The summed E-state index contributed by atoms with van der Waals surface area (Å²) in [5.41, 5.74) is 2.61. The second-order valence-electron chi connectivity index (χ2n) is 9.13. The number of alkyl carbamates (subject to hydrolysis) is 1. The van der Waals surface area contributed by atoms with Gasteiger partial charge in [-0.25, -0.2) is 4.79 Å². The molecule has 0 saturated heterocycles. The maximum absolute atomic E-state index is 13.2. The maximum atomic E-state index is 13.2. The van der Waals surface area contributed by atoms with Crippen molar-refractivity contribution in [1.82, 2.24) is 5.32 Å². The van der Waals surface area contributed by atoms with Gasteiger partial charge in [-0.1, -0.05) is 37.1 Å². The van der Waals surface area contributed by atoms with Crippen molar-refractivity contribution in [3.8, 4) is 0 Å². The van der Waals surface area contributed by atoms with Crippen molar-refractivity contribution in [2.75, 3.05) is 30.8 Å². The Labute approximate surface area is 195 Å². The molecule has 0 spiro atoms. The molecule has 3 rings (SSSR count). The number of rotatable bonds is 9. The van der Waals surface area contributed by atoms with Crippen LogP contribution in [0, 0.1) is 0 Å². The van der Waals surface area contributed by atoms with Crippen LogP contribution in [-0.4, -0.2) is 43.4 Å². The number of unbranched alkanes of at least 4 members (excludes halogenated alkanes) is 3. The highest BCUT2D eigenvalue weighted by atomic mass is 16.6. The molecule has 0 fully saturated rings. The van der Waals surface area contributed by atoms with E-state index in [9.17, 15) is 14.4 Å². The van der Waals surface area contributed by atoms with E-state index < -0.39 is 5.60 Å². The molecule has 0 radical (unpaired) electrons. The van der Waals surface area contributed by atoms with Crippen LogP contribution in [0.2, 0.25) is 0 Å². The summed E-state index contributed by atoms with van der Waals surface area (Å²) in [6.45, 7) is 6.78. The first-order valence-electron chi connectivity index (χ1n) is 11.5. The minimum absolute atomic E-state index is 0.131. The van der Waals surface area contributed by atoms with Crippen LogP contribution < -0.4 is 16.0 Å². The molecule has 7 nitrogen and oxygen atoms in total. The van der Waals surface area contributed by atoms with Crippen LogP contribution in [-0.2, 0) is 4.74 Å². The Kier molecular flexibility index (Phi) is 7.74. The van der Waals surface area contributed by atoms with Crippen LogP contribution in [0.4, 0.5) is 16.2 Å². The van der Waals surface area contributed by atoms with Crippen LogP contribution in [0.15, 0.2) is 36.4 Å². The average molecular weight is 452 g/mol. The number of ether oxygens (including phenoxy) is 1. The van der Waals surface area contributed by atoms with Crippen molar-refractivity contribution in [1.29, 1.82) is 0 Å². The summed E-state index contributed by atoms with van der Waals surface area (Å²) < 4.78 is 5.22. The van der Waals surface area contributed by atoms with Gasteiger partial charge in [0, 0.05) is 42.6 Å². The van der Waals surface area contributed by atoms with E-state index in [2.05, 4.69) is 16.0 Å². The number of anilines is 2. The SMILES string of the molecule is CNc1ccc(NCCCCCCNC(=O)OC(C)(C)C)c2c1C(=O)c1ccccc1C2=O. The van der Waals surface area contributed by atoms with Gasteiger partial charge in [-0.15, -0.1) is 0 Å². The molecule has 0 aliphatic heterocycles. The molecule has 33 heavy (non-hydrogen) atoms. The lowest BCUT2D eigenvalue weighted by atomic mass is 9.82. The quantitative estimate of drug-likeness (QED) is 0.396. The number of ketones is 2. The predicted octanol–water partition coefficient (Wildman–Crippen LogP) is 5.00. The van der Waals surface area contributed by atoms with Crippen molar-refractivity contribution >= 4 is 29.0 Å². The van der Waals surface area contributed by atoms with E-state index >= 15 is 0 Å². The molecule has 2 aromatic carbocycles. The Morgan fingerprint density at radius 2 is 1.36 bits per heavy atom. The molecular formula is C26H33N3O4. The van der Waals surface area contributed by atoms with Crippen LogP contribution in [0.5, 0.6) is 0 Å². The molecule has 0 aromatic heterocycles. The summed E-state index contributed by atoms with van der Waals surface area (Å²) in [7, 11) is 1.75. The lowest BCUT2D eigenvalue weighted by molar-refractivity contribution is 0.0526. The first-order valence-corrected chi connectivity index (χ1v) is 11.5. The number of hydrogen-bond donors (Lipinski definition) is 3. The normalized spacial score (nSPS) is 12.6. The number of hydrogen-bond acceptors (Lipinski definition) is 6. The van der Waals surface area contributed by atoms with Gasteiger partial charge in [0.05, 0.1) is 11.1 Å². The number of nitrogens with one attached hydrogen (secondary N) is 3. The molecule has 0 saturated carbocycles. The van der Waals surface area contributed by atoms with Crippen molar-refractivity contribution in [2.45, 2.75) is 52.1 Å². The molecule has 1 aliphatic carbocycles. The van der Waals surface area contributed by atoms with Crippen LogP contribution in [0.25, 0.3) is 0 Å². The first kappa shape index (κ1) is 24.3. The van der Waals surface area contributed by atoms with Gasteiger partial charge < -0.3 is 20.7 Å². The molecule has 1 aliphatic rings. The lowest BCUT2D eigenvalue weighted by Gasteiger charge is -2.23. The molecule has 7 heteroatoms. The van der Waals surface area contributed by atoms with E-state index in [1.807, 2.05) is 32.9 Å². The number of fused-ring (bicyclic) bond motifs is 2. The summed E-state index contributed by atoms with van der Waals surface area (Å²) in [5, 5.41) is 9.16. The van der Waals surface area contributed by atoms with Gasteiger partial charge in [-0.3, -0.25) is 9.59 Å². The van der Waals surface area contributed by atoms with Gasteiger partial charge in [0.1, 0.15) is 5.60 Å². The fraction of sp³-hybridized carbons (Fsp3) is 0.423. The van der Waals surface area contributed by atoms with Gasteiger partial charge in [0.2, 0.25) is 0 Å². The summed E-state index contributed by atoms with van der Waals surface area (Å²) >= 11 is 0. The molecular weight excluding hydrogens is 418 g/mol. The summed E-state index contributed by atoms with van der Waals surface area (Å²) in [6, 6.07) is 10.7. The Morgan fingerprint density at radius 3 is 1.94 bits per heavy atom. The van der Waals surface area contributed by atoms with Crippen molar-refractivity contribution < 1.29 is 19.1 Å². The molecule has 0 atom stereocenters. The smallest absolute Gasteiger partial charge is 0.407 e. The third kappa shape index (κ3) is 5.92. The molecule has 0 heterocycles. The highest BCUT2D eigenvalue weighted by Crippen LogP contribution is 2.36. The van der Waals surface area contributed by atoms with E-state index in [1.165, 1.54) is 0 Å². The van der Waals surface area contributed by atoms with E-state index in [0.717, 1.165) is 25.7 Å². The minimum Gasteiger partial charge on any atom is -0.444 e. The van der Waals surface area contributed by atoms with Gasteiger partial charge in [-0.2, -0.15) is 0 Å². The van der Waals surface area contributed by atoms with Crippen LogP contribution in [0.1, 0.15) is 78.3 Å². The minimum atomic E-state index is -0.492. The highest BCUT2D eigenvalue weighted by Gasteiger charge is 2.33. The second-order valence-corrected chi connectivity index (χ2v) is 9.13. The average Bonchev–Trinajstić information content (AvgIpc) is 2.77. The monoisotopic (exact) mass is 451 g/mol. The molecule has 3 N–H and O–H groups in total. The summed E-state index contributed by atoms with van der Waals surface area (Å²) in [4.78, 5) is 38.0. The van der Waals surface area contributed by atoms with Crippen molar-refractivity contribution in [3.63, 3.8) is 0 Å². The molecule has 0 bridgehead atoms. The first-order chi connectivity index (χ1) is 15.7. The van der Waals surface area contributed by atoms with Crippen molar-refractivity contribution in [3.05, 3.63) is 58.7 Å². The van der Waals surface area contributed by atoms with E-state index in [-0.39, 0.29) is 17.7 Å². The van der Waals surface area contributed by atoms with E-state index in [1.54, 1.807) is 31.3 Å². The zero-order valence-corrected chi connectivity index (χ0v) is 19.8. The highest BCUT2D eigenvalue weighted by molar-refractivity contribution is 6.31. The standard InChI is InChI=1S/C26H33N3O4/c1-26(2,3)33-25(32)29-16-10-6-5-9-15-28-20-14-13-19(27-4)21-22(20)24(31)18-12-8-7-11-17(18)23(21)30/h7-8,11-14,27-28H,5-6,9-10,15-16H2,1-4H3,(H,29,32). The van der Waals surface area contributed by atoms with Gasteiger partial charge in [-0.05, 0) is 45.7 Å². The summed E-state index contributed by atoms with van der Waals surface area (Å²) in [5.74, 6) is -0.265. The fourth-order valence-electron chi connectivity index (χ4n) is 3.91. The van der Waals surface area contributed by atoms with Gasteiger partial charge in [0.15, 0.2) is 11.6 Å². The fourth-order valence-corrected chi connectivity index (χ4v) is 3.91. The molecule has 0 unspecified atom stereocenters. The van der Waals surface area contributed by atoms with Gasteiger partial charge >= 0.3 is 6.09 Å². The Morgan fingerprint density at radius 1 is 0.818 bits per heavy atom. The topological polar surface area (TPSA) is 96.5 Å². The summed E-state index contributed by atoms with van der Waals surface area (Å²) in [6.07, 6.45) is 3.34. The van der Waals surface area contributed by atoms with Crippen molar-refractivity contribution in [2.24, 2.45) is 0 Å². The van der Waals surface area contributed by atoms with E-state index in [4.69, 9.17) is 4.74 Å². The maximum Gasteiger partial charge on any atom is 0.407 e. The molecule has 2 aromatic rings. The number of carbonyl (C=O) groups is 3. The Balaban J connectivity index is 1.53. The zero-order chi connectivity index (χ0) is 24.0. The lowest BCUT2D eigenvalue weighted by Crippen LogP contribution is -2.32. The second kappa shape index (κ2) is 10.5. The predicted molar refractivity (Wildman–Crippen MR) is 130 cm³/mol. The third-order valence-electron chi connectivity index (χ3n) is 5.43. The van der Waals surface area contributed by atoms with E-state index in [0.29, 0.717) is 46.7 Å². The third-order valence-corrected chi connectivity index (χ3v) is 5.43. The van der Waals surface area contributed by atoms with Crippen LogP contribution in [0.3, 0.4) is 0 Å². The number of amides is 1. The largest absolute Gasteiger partial charge is 0.444 e. The molecule has 1 amide bonds. The number of benzene rings is 2. The Hall–Kier alpha value is -3.35.